The number of carbonyl (C=O) groups is 2. The van der Waals surface area contributed by atoms with Gasteiger partial charge in [0.2, 0.25) is 0 Å². The number of piperidine rings is 1. The molecule has 132 valence electrons. The summed E-state index contributed by atoms with van der Waals surface area (Å²) in [5.74, 6) is -0.375. The summed E-state index contributed by atoms with van der Waals surface area (Å²) in [4.78, 5) is 26.4. The van der Waals surface area contributed by atoms with Crippen LogP contribution in [0.5, 0.6) is 0 Å². The third kappa shape index (κ3) is 3.91. The summed E-state index contributed by atoms with van der Waals surface area (Å²) in [6.45, 7) is 1.06. The standard InChI is InChI=1S/C19H23N3O3/c1-21-11-5-8-16(21)18(24)20-15-9-12-22(13-10-15)19(25)17(23)14-6-3-2-4-7-14/h2-8,11,15,17,23H,9-10,12-13H2,1H3,(H,20,24)/t17-/m1/s1. The number of aliphatic hydroxyl groups excluding tert-OH is 1. The average molecular weight is 341 g/mol. The molecule has 1 fully saturated rings. The van der Waals surface area contributed by atoms with Crippen molar-refractivity contribution in [2.75, 3.05) is 13.1 Å². The van der Waals surface area contributed by atoms with Crippen molar-refractivity contribution in [3.8, 4) is 0 Å². The first kappa shape index (κ1) is 17.2. The second kappa shape index (κ2) is 7.53. The van der Waals surface area contributed by atoms with E-state index in [0.29, 0.717) is 37.2 Å². The van der Waals surface area contributed by atoms with Crippen LogP contribution in [0.15, 0.2) is 48.7 Å². The number of aliphatic hydroxyl groups is 1. The van der Waals surface area contributed by atoms with Crippen molar-refractivity contribution in [1.82, 2.24) is 14.8 Å². The number of rotatable bonds is 4. The van der Waals surface area contributed by atoms with Gasteiger partial charge >= 0.3 is 0 Å². The van der Waals surface area contributed by atoms with E-state index in [2.05, 4.69) is 5.32 Å². The molecular formula is C19H23N3O3. The number of aromatic nitrogens is 1. The van der Waals surface area contributed by atoms with Crippen LogP contribution in [-0.4, -0.2) is 45.5 Å². The molecular weight excluding hydrogens is 318 g/mol. The van der Waals surface area contributed by atoms with Gasteiger partial charge in [0, 0.05) is 32.4 Å². The Hall–Kier alpha value is -2.60. The second-order valence-corrected chi connectivity index (χ2v) is 6.39. The van der Waals surface area contributed by atoms with Gasteiger partial charge in [0.1, 0.15) is 5.69 Å². The van der Waals surface area contributed by atoms with Crippen LogP contribution in [0.2, 0.25) is 0 Å². The predicted molar refractivity (Wildman–Crippen MR) is 93.9 cm³/mol. The Morgan fingerprint density at radius 3 is 2.40 bits per heavy atom. The van der Waals surface area contributed by atoms with Gasteiger partial charge in [0.15, 0.2) is 6.10 Å². The maximum atomic E-state index is 12.4. The molecule has 0 aliphatic carbocycles. The zero-order chi connectivity index (χ0) is 17.8. The van der Waals surface area contributed by atoms with Crippen LogP contribution in [0, 0.1) is 0 Å². The number of likely N-dealkylation sites (tertiary alicyclic amines) is 1. The van der Waals surface area contributed by atoms with Crippen molar-refractivity contribution >= 4 is 11.8 Å². The SMILES string of the molecule is Cn1cccc1C(=O)NC1CCN(C(=O)[C@H](O)c2ccccc2)CC1. The van der Waals surface area contributed by atoms with Gasteiger partial charge in [-0.15, -0.1) is 0 Å². The molecule has 25 heavy (non-hydrogen) atoms. The lowest BCUT2D eigenvalue weighted by Gasteiger charge is -2.33. The largest absolute Gasteiger partial charge is 0.378 e. The van der Waals surface area contributed by atoms with E-state index in [4.69, 9.17) is 0 Å². The van der Waals surface area contributed by atoms with Crippen molar-refractivity contribution in [3.63, 3.8) is 0 Å². The topological polar surface area (TPSA) is 74.6 Å². The van der Waals surface area contributed by atoms with Crippen molar-refractivity contribution in [3.05, 3.63) is 59.9 Å². The molecule has 6 heteroatoms. The predicted octanol–water partition coefficient (Wildman–Crippen LogP) is 1.48. The van der Waals surface area contributed by atoms with E-state index in [9.17, 15) is 14.7 Å². The number of nitrogens with one attached hydrogen (secondary N) is 1. The van der Waals surface area contributed by atoms with Gasteiger partial charge in [-0.3, -0.25) is 9.59 Å². The van der Waals surface area contributed by atoms with Crippen molar-refractivity contribution in [2.24, 2.45) is 7.05 Å². The molecule has 1 aliphatic heterocycles. The fourth-order valence-corrected chi connectivity index (χ4v) is 3.15. The number of hydrogen-bond acceptors (Lipinski definition) is 3. The number of hydrogen-bond donors (Lipinski definition) is 2. The Kier molecular flexibility index (Phi) is 5.19. The lowest BCUT2D eigenvalue weighted by Crippen LogP contribution is -2.47. The highest BCUT2D eigenvalue weighted by Crippen LogP contribution is 2.19. The Balaban J connectivity index is 1.52. The quantitative estimate of drug-likeness (QED) is 0.885. The summed E-state index contributed by atoms with van der Waals surface area (Å²) in [6, 6.07) is 12.6. The van der Waals surface area contributed by atoms with Gasteiger partial charge in [0.05, 0.1) is 0 Å². The number of amides is 2. The van der Waals surface area contributed by atoms with E-state index in [-0.39, 0.29) is 17.9 Å². The monoisotopic (exact) mass is 341 g/mol. The van der Waals surface area contributed by atoms with Gasteiger partial charge in [0.25, 0.3) is 11.8 Å². The molecule has 1 atom stereocenters. The fourth-order valence-electron chi connectivity index (χ4n) is 3.15. The van der Waals surface area contributed by atoms with E-state index >= 15 is 0 Å². The van der Waals surface area contributed by atoms with Crippen LogP contribution in [-0.2, 0) is 11.8 Å². The number of nitrogens with zero attached hydrogens (tertiary/aromatic N) is 2. The fraction of sp³-hybridized carbons (Fsp3) is 0.368. The van der Waals surface area contributed by atoms with Gasteiger partial charge in [-0.05, 0) is 30.5 Å². The van der Waals surface area contributed by atoms with Crippen molar-refractivity contribution in [1.29, 1.82) is 0 Å². The molecule has 1 aliphatic rings. The highest BCUT2D eigenvalue weighted by atomic mass is 16.3. The van der Waals surface area contributed by atoms with Gasteiger partial charge in [-0.2, -0.15) is 0 Å². The van der Waals surface area contributed by atoms with E-state index in [1.165, 1.54) is 0 Å². The highest BCUT2D eigenvalue weighted by Gasteiger charge is 2.28. The number of benzene rings is 1. The number of aryl methyl sites for hydroxylation is 1. The highest BCUT2D eigenvalue weighted by molar-refractivity contribution is 5.92. The van der Waals surface area contributed by atoms with Gasteiger partial charge in [-0.25, -0.2) is 0 Å². The van der Waals surface area contributed by atoms with Crippen LogP contribution in [0.25, 0.3) is 0 Å². The summed E-state index contributed by atoms with van der Waals surface area (Å²) in [5.41, 5.74) is 1.23. The maximum Gasteiger partial charge on any atom is 0.268 e. The van der Waals surface area contributed by atoms with Crippen LogP contribution < -0.4 is 5.32 Å². The summed E-state index contributed by atoms with van der Waals surface area (Å²) in [7, 11) is 1.83. The smallest absolute Gasteiger partial charge is 0.268 e. The lowest BCUT2D eigenvalue weighted by atomic mass is 10.0. The minimum absolute atomic E-state index is 0.0420. The Morgan fingerprint density at radius 1 is 1.12 bits per heavy atom. The third-order valence-electron chi connectivity index (χ3n) is 4.67. The van der Waals surface area contributed by atoms with E-state index < -0.39 is 6.10 Å². The van der Waals surface area contributed by atoms with Gasteiger partial charge in [-0.1, -0.05) is 30.3 Å². The van der Waals surface area contributed by atoms with Crippen molar-refractivity contribution in [2.45, 2.75) is 25.0 Å². The molecule has 3 rings (SSSR count). The normalized spacial score (nSPS) is 16.5. The molecule has 0 bridgehead atoms. The molecule has 0 spiro atoms. The first-order chi connectivity index (χ1) is 12.1. The summed E-state index contributed by atoms with van der Waals surface area (Å²) >= 11 is 0. The van der Waals surface area contributed by atoms with Crippen LogP contribution >= 0.6 is 0 Å². The molecule has 1 saturated heterocycles. The molecule has 2 N–H and O–H groups in total. The minimum atomic E-state index is -1.13. The molecule has 2 aromatic rings. The number of carbonyl (C=O) groups excluding carboxylic acids is 2. The molecule has 2 amide bonds. The third-order valence-corrected chi connectivity index (χ3v) is 4.67. The second-order valence-electron chi connectivity index (χ2n) is 6.39. The Bertz CT molecular complexity index is 733. The molecule has 1 aromatic carbocycles. The average Bonchev–Trinajstić information content (AvgIpc) is 3.08. The molecule has 0 unspecified atom stereocenters. The zero-order valence-corrected chi connectivity index (χ0v) is 14.3. The first-order valence-electron chi connectivity index (χ1n) is 8.50. The molecule has 0 saturated carbocycles. The Morgan fingerprint density at radius 2 is 1.80 bits per heavy atom. The first-order valence-corrected chi connectivity index (χ1v) is 8.50. The molecule has 0 radical (unpaired) electrons. The molecule has 6 nitrogen and oxygen atoms in total. The zero-order valence-electron chi connectivity index (χ0n) is 14.3. The Labute approximate surface area is 147 Å². The van der Waals surface area contributed by atoms with E-state index in [1.807, 2.05) is 25.4 Å². The summed E-state index contributed by atoms with van der Waals surface area (Å²) in [5, 5.41) is 13.3. The van der Waals surface area contributed by atoms with Gasteiger partial charge < -0.3 is 19.9 Å². The molecule has 1 aromatic heterocycles. The molecule has 2 heterocycles. The summed E-state index contributed by atoms with van der Waals surface area (Å²) in [6.07, 6.45) is 2.07. The summed E-state index contributed by atoms with van der Waals surface area (Å²) < 4.78 is 1.78. The van der Waals surface area contributed by atoms with Crippen LogP contribution in [0.3, 0.4) is 0 Å². The lowest BCUT2D eigenvalue weighted by molar-refractivity contribution is -0.141. The van der Waals surface area contributed by atoms with Crippen LogP contribution in [0.1, 0.15) is 35.0 Å². The van der Waals surface area contributed by atoms with Crippen molar-refractivity contribution < 1.29 is 14.7 Å². The maximum absolute atomic E-state index is 12.4. The van der Waals surface area contributed by atoms with Crippen LogP contribution in [0.4, 0.5) is 0 Å². The van der Waals surface area contributed by atoms with E-state index in [1.54, 1.807) is 39.8 Å². The van der Waals surface area contributed by atoms with E-state index in [0.717, 1.165) is 0 Å². The minimum Gasteiger partial charge on any atom is -0.378 e.